The number of amides is 1. The Morgan fingerprint density at radius 2 is 1.78 bits per heavy atom. The third-order valence-electron chi connectivity index (χ3n) is 5.57. The normalized spacial score (nSPS) is 15.5. The summed E-state index contributed by atoms with van der Waals surface area (Å²) in [5.41, 5.74) is 3.51. The van der Waals surface area contributed by atoms with Crippen LogP contribution in [0.15, 0.2) is 48.5 Å². The van der Waals surface area contributed by atoms with E-state index in [9.17, 15) is 4.79 Å². The number of methoxy groups -OCH3 is 1. The highest BCUT2D eigenvalue weighted by Crippen LogP contribution is 2.22. The number of hydrogen-bond donors (Lipinski definition) is 0. The number of aryl methyl sites for hydroxylation is 1. The molecule has 27 heavy (non-hydrogen) atoms. The second-order valence-electron chi connectivity index (χ2n) is 7.51. The number of nitrogens with zero attached hydrogens (tertiary/aromatic N) is 2. The molecule has 144 valence electrons. The van der Waals surface area contributed by atoms with E-state index < -0.39 is 0 Å². The van der Waals surface area contributed by atoms with Gasteiger partial charge in [0.05, 0.1) is 13.5 Å². The number of benzene rings is 2. The minimum Gasteiger partial charge on any atom is -0.497 e. The lowest BCUT2D eigenvalue weighted by Crippen LogP contribution is -2.46. The number of ether oxygens (including phenoxy) is 1. The molecule has 0 bridgehead atoms. The van der Waals surface area contributed by atoms with Crippen LogP contribution in [0.1, 0.15) is 29.5 Å². The Balaban J connectivity index is 1.77. The zero-order valence-corrected chi connectivity index (χ0v) is 16.6. The van der Waals surface area contributed by atoms with Gasteiger partial charge in [-0.2, -0.15) is 0 Å². The van der Waals surface area contributed by atoms with Crippen molar-refractivity contribution in [2.24, 2.45) is 0 Å². The van der Waals surface area contributed by atoms with Gasteiger partial charge in [0.25, 0.3) is 0 Å². The van der Waals surface area contributed by atoms with Crippen molar-refractivity contribution >= 4 is 5.91 Å². The highest BCUT2D eigenvalue weighted by molar-refractivity contribution is 5.79. The number of carbonyl (C=O) groups is 1. The van der Waals surface area contributed by atoms with Crippen molar-refractivity contribution < 1.29 is 9.53 Å². The largest absolute Gasteiger partial charge is 0.497 e. The first-order chi connectivity index (χ1) is 13.1. The Morgan fingerprint density at radius 1 is 1.11 bits per heavy atom. The minimum atomic E-state index is 0.206. The molecule has 2 aromatic rings. The van der Waals surface area contributed by atoms with Crippen molar-refractivity contribution in [1.29, 1.82) is 0 Å². The number of rotatable bonds is 6. The summed E-state index contributed by atoms with van der Waals surface area (Å²) in [6, 6.07) is 16.5. The van der Waals surface area contributed by atoms with Gasteiger partial charge >= 0.3 is 0 Å². The molecule has 0 N–H and O–H groups in total. The van der Waals surface area contributed by atoms with Gasteiger partial charge in [-0.15, -0.1) is 0 Å². The number of piperidine rings is 1. The summed E-state index contributed by atoms with van der Waals surface area (Å²) in [5.74, 6) is 1.02. The predicted molar refractivity (Wildman–Crippen MR) is 109 cm³/mol. The molecule has 3 rings (SSSR count). The first-order valence-electron chi connectivity index (χ1n) is 9.72. The molecular weight excluding hydrogens is 336 g/mol. The molecule has 1 aliphatic rings. The predicted octanol–water partition coefficient (Wildman–Crippen LogP) is 3.67. The quantitative estimate of drug-likeness (QED) is 0.782. The monoisotopic (exact) mass is 366 g/mol. The molecule has 0 unspecified atom stereocenters. The summed E-state index contributed by atoms with van der Waals surface area (Å²) >= 11 is 0. The molecule has 0 atom stereocenters. The first-order valence-corrected chi connectivity index (χ1v) is 9.72. The van der Waals surface area contributed by atoms with Crippen LogP contribution in [0, 0.1) is 6.92 Å². The third-order valence-corrected chi connectivity index (χ3v) is 5.57. The van der Waals surface area contributed by atoms with Crippen molar-refractivity contribution in [2.75, 3.05) is 27.2 Å². The molecule has 0 radical (unpaired) electrons. The summed E-state index contributed by atoms with van der Waals surface area (Å²) in [7, 11) is 3.81. The zero-order valence-electron chi connectivity index (χ0n) is 16.6. The molecule has 0 spiro atoms. The van der Waals surface area contributed by atoms with Crippen LogP contribution in [0.2, 0.25) is 0 Å². The molecule has 1 saturated heterocycles. The van der Waals surface area contributed by atoms with Gasteiger partial charge in [-0.05, 0) is 68.7 Å². The van der Waals surface area contributed by atoms with E-state index >= 15 is 0 Å². The fraction of sp³-hybridized carbons (Fsp3) is 0.435. The van der Waals surface area contributed by atoms with Gasteiger partial charge < -0.3 is 14.5 Å². The molecule has 4 heteroatoms. The van der Waals surface area contributed by atoms with Crippen LogP contribution in [-0.2, 0) is 17.8 Å². The van der Waals surface area contributed by atoms with Gasteiger partial charge in [-0.1, -0.05) is 36.4 Å². The summed E-state index contributed by atoms with van der Waals surface area (Å²) in [4.78, 5) is 17.7. The maximum absolute atomic E-state index is 13.2. The second-order valence-corrected chi connectivity index (χ2v) is 7.51. The molecule has 4 nitrogen and oxygen atoms in total. The average Bonchev–Trinajstić information content (AvgIpc) is 2.69. The van der Waals surface area contributed by atoms with Gasteiger partial charge in [0.15, 0.2) is 0 Å². The van der Waals surface area contributed by atoms with Gasteiger partial charge in [0.2, 0.25) is 5.91 Å². The Labute approximate surface area is 162 Å². The fourth-order valence-corrected chi connectivity index (χ4v) is 3.72. The van der Waals surface area contributed by atoms with E-state index in [4.69, 9.17) is 4.74 Å². The standard InChI is InChI=1S/C23H30N2O2/c1-18-6-4-5-7-20(18)17-25(21-12-14-24(2)15-13-21)23(26)16-19-8-10-22(27-3)11-9-19/h4-11,21H,12-17H2,1-3H3. The van der Waals surface area contributed by atoms with Crippen LogP contribution < -0.4 is 4.74 Å². The Kier molecular flexibility index (Phi) is 6.51. The van der Waals surface area contributed by atoms with Gasteiger partial charge in [-0.25, -0.2) is 0 Å². The minimum absolute atomic E-state index is 0.206. The van der Waals surface area contributed by atoms with E-state index in [1.165, 1.54) is 11.1 Å². The van der Waals surface area contributed by atoms with Crippen LogP contribution >= 0.6 is 0 Å². The molecule has 1 amide bonds. The van der Waals surface area contributed by atoms with Crippen LogP contribution in [0.5, 0.6) is 5.75 Å². The van der Waals surface area contributed by atoms with E-state index in [0.717, 1.165) is 37.2 Å². The Bertz CT molecular complexity index is 749. The molecule has 1 aliphatic heterocycles. The van der Waals surface area contributed by atoms with Crippen molar-refractivity contribution in [3.63, 3.8) is 0 Å². The van der Waals surface area contributed by atoms with Crippen molar-refractivity contribution in [1.82, 2.24) is 9.80 Å². The smallest absolute Gasteiger partial charge is 0.227 e. The van der Waals surface area contributed by atoms with Gasteiger partial charge in [0.1, 0.15) is 5.75 Å². The van der Waals surface area contributed by atoms with Crippen molar-refractivity contribution in [3.8, 4) is 5.75 Å². The zero-order chi connectivity index (χ0) is 19.2. The van der Waals surface area contributed by atoms with E-state index in [1.807, 2.05) is 24.3 Å². The topological polar surface area (TPSA) is 32.8 Å². The van der Waals surface area contributed by atoms with E-state index in [2.05, 4.69) is 48.0 Å². The molecular formula is C23H30N2O2. The highest BCUT2D eigenvalue weighted by atomic mass is 16.5. The van der Waals surface area contributed by atoms with Crippen LogP contribution in [0.4, 0.5) is 0 Å². The molecule has 0 aromatic heterocycles. The second kappa shape index (κ2) is 9.05. The first kappa shape index (κ1) is 19.4. The lowest BCUT2D eigenvalue weighted by molar-refractivity contribution is -0.134. The lowest BCUT2D eigenvalue weighted by Gasteiger charge is -2.38. The van der Waals surface area contributed by atoms with E-state index in [-0.39, 0.29) is 5.91 Å². The number of likely N-dealkylation sites (tertiary alicyclic amines) is 1. The van der Waals surface area contributed by atoms with Crippen LogP contribution in [-0.4, -0.2) is 49.0 Å². The molecule has 2 aromatic carbocycles. The van der Waals surface area contributed by atoms with Crippen molar-refractivity contribution in [2.45, 2.75) is 38.8 Å². The lowest BCUT2D eigenvalue weighted by atomic mass is 10.00. The van der Waals surface area contributed by atoms with Crippen LogP contribution in [0.25, 0.3) is 0 Å². The SMILES string of the molecule is COc1ccc(CC(=O)N(Cc2ccccc2C)C2CCN(C)CC2)cc1. The summed E-state index contributed by atoms with van der Waals surface area (Å²) in [5, 5.41) is 0. The Hall–Kier alpha value is -2.33. The van der Waals surface area contributed by atoms with Gasteiger partial charge in [-0.3, -0.25) is 4.79 Å². The highest BCUT2D eigenvalue weighted by Gasteiger charge is 2.27. The van der Waals surface area contributed by atoms with E-state index in [0.29, 0.717) is 19.0 Å². The number of hydrogen-bond acceptors (Lipinski definition) is 3. The molecule has 0 saturated carbocycles. The van der Waals surface area contributed by atoms with E-state index in [1.54, 1.807) is 7.11 Å². The third kappa shape index (κ3) is 5.10. The average molecular weight is 367 g/mol. The van der Waals surface area contributed by atoms with Crippen molar-refractivity contribution in [3.05, 3.63) is 65.2 Å². The summed E-state index contributed by atoms with van der Waals surface area (Å²) < 4.78 is 5.22. The maximum atomic E-state index is 13.2. The molecule has 0 aliphatic carbocycles. The summed E-state index contributed by atoms with van der Waals surface area (Å²) in [6.45, 7) is 4.90. The van der Waals surface area contributed by atoms with Crippen LogP contribution in [0.3, 0.4) is 0 Å². The molecule has 1 heterocycles. The summed E-state index contributed by atoms with van der Waals surface area (Å²) in [6.07, 6.45) is 2.51. The Morgan fingerprint density at radius 3 is 2.41 bits per heavy atom. The van der Waals surface area contributed by atoms with Gasteiger partial charge in [0, 0.05) is 12.6 Å². The maximum Gasteiger partial charge on any atom is 0.227 e. The number of carbonyl (C=O) groups excluding carboxylic acids is 1. The molecule has 1 fully saturated rings. The fourth-order valence-electron chi connectivity index (χ4n) is 3.72.